The summed E-state index contributed by atoms with van der Waals surface area (Å²) in [6, 6.07) is 10.8. The van der Waals surface area contributed by atoms with Gasteiger partial charge in [0.15, 0.2) is 11.3 Å². The smallest absolute Gasteiger partial charge is 0.416 e. The number of carbonyl (C=O) groups excluding carboxylic acids is 4. The zero-order valence-corrected chi connectivity index (χ0v) is 35.2. The van der Waals surface area contributed by atoms with Crippen LogP contribution in [0.15, 0.2) is 71.2 Å². The average molecular weight is 880 g/mol. The van der Waals surface area contributed by atoms with Crippen LogP contribution >= 0.6 is 0 Å². The Morgan fingerprint density at radius 1 is 1.00 bits per heavy atom. The fourth-order valence-corrected chi connectivity index (χ4v) is 9.56. The van der Waals surface area contributed by atoms with Crippen LogP contribution in [0, 0.1) is 5.92 Å². The molecule has 330 valence electrons. The van der Waals surface area contributed by atoms with E-state index in [1.807, 2.05) is 12.2 Å². The highest BCUT2D eigenvalue weighted by molar-refractivity contribution is 7.91. The molecule has 2 aliphatic heterocycles. The van der Waals surface area contributed by atoms with Crippen molar-refractivity contribution >= 4 is 55.9 Å². The van der Waals surface area contributed by atoms with Gasteiger partial charge >= 0.3 is 12.3 Å². The van der Waals surface area contributed by atoms with E-state index >= 15 is 0 Å². The first-order chi connectivity index (χ1) is 29.3. The summed E-state index contributed by atoms with van der Waals surface area (Å²) in [7, 11) is -3.97. The van der Waals surface area contributed by atoms with Gasteiger partial charge in [0.05, 0.1) is 23.1 Å². The molecule has 0 spiro atoms. The van der Waals surface area contributed by atoms with E-state index < -0.39 is 86.1 Å². The van der Waals surface area contributed by atoms with Crippen LogP contribution in [0.3, 0.4) is 0 Å². The van der Waals surface area contributed by atoms with Crippen LogP contribution in [-0.2, 0) is 35.3 Å². The van der Waals surface area contributed by atoms with E-state index in [2.05, 4.69) is 15.4 Å². The van der Waals surface area contributed by atoms with E-state index in [1.165, 1.54) is 23.1 Å². The molecule has 0 radical (unpaired) electrons. The number of allylic oxidation sites excluding steroid dienone is 1. The number of rotatable bonds is 7. The Hall–Kier alpha value is -5.65. The molecule has 4 aliphatic rings. The summed E-state index contributed by atoms with van der Waals surface area (Å²) in [5.74, 6) is -2.53. The zero-order chi connectivity index (χ0) is 44.2. The van der Waals surface area contributed by atoms with Gasteiger partial charge in [0.25, 0.3) is 5.91 Å². The number of fused-ring (bicyclic) bond motifs is 5. The quantitative estimate of drug-likeness (QED) is 0.165. The number of para-hydroxylation sites is 1. The summed E-state index contributed by atoms with van der Waals surface area (Å²) in [6.07, 6.45) is 1.18. The Bertz CT molecular complexity index is 2550. The molecule has 4 amide bonds. The van der Waals surface area contributed by atoms with Gasteiger partial charge in [-0.2, -0.15) is 13.2 Å². The summed E-state index contributed by atoms with van der Waals surface area (Å²) in [5.41, 5.74) is -1.60. The van der Waals surface area contributed by atoms with Crippen LogP contribution < -0.4 is 20.1 Å². The van der Waals surface area contributed by atoms with Gasteiger partial charge in [-0.25, -0.2) is 18.2 Å². The van der Waals surface area contributed by atoms with Gasteiger partial charge < -0.3 is 29.4 Å². The molecule has 4 heterocycles. The van der Waals surface area contributed by atoms with Gasteiger partial charge in [0, 0.05) is 29.4 Å². The summed E-state index contributed by atoms with van der Waals surface area (Å²) < 4.78 is 86.8. The average Bonchev–Trinajstić information content (AvgIpc) is 4.10. The summed E-state index contributed by atoms with van der Waals surface area (Å²) in [6.45, 7) is 4.90. The number of nitrogens with one attached hydrogen (secondary N) is 3. The normalized spacial score (nSPS) is 25.5. The third-order valence-corrected chi connectivity index (χ3v) is 13.4. The molecule has 2 aromatic heterocycles. The lowest BCUT2D eigenvalue weighted by molar-refractivity contribution is -0.141. The summed E-state index contributed by atoms with van der Waals surface area (Å²) >= 11 is 0. The largest absolute Gasteiger partial charge is 0.484 e. The number of ether oxygens (including phenoxy) is 2. The molecule has 62 heavy (non-hydrogen) atoms. The van der Waals surface area contributed by atoms with E-state index in [1.54, 1.807) is 45.0 Å². The van der Waals surface area contributed by atoms with Crippen molar-refractivity contribution in [2.75, 3.05) is 6.54 Å². The highest BCUT2D eigenvalue weighted by Gasteiger charge is 2.62. The number of pyridine rings is 1. The fraction of sp³-hybridized carbons (Fsp3) is 0.477. The fourth-order valence-electron chi connectivity index (χ4n) is 8.19. The third kappa shape index (κ3) is 9.10. The molecule has 1 saturated heterocycles. The monoisotopic (exact) mass is 879 g/mol. The number of carbonyl (C=O) groups is 4. The Morgan fingerprint density at radius 2 is 1.74 bits per heavy atom. The van der Waals surface area contributed by atoms with Crippen LogP contribution in [0.25, 0.3) is 33.3 Å². The number of nitrogens with zero attached hydrogens (tertiary/aromatic N) is 2. The number of halogens is 3. The van der Waals surface area contributed by atoms with Crippen LogP contribution in [0.2, 0.25) is 0 Å². The molecule has 2 aliphatic carbocycles. The van der Waals surface area contributed by atoms with Crippen LogP contribution in [0.5, 0.6) is 5.75 Å². The van der Waals surface area contributed by atoms with Gasteiger partial charge in [-0.05, 0) is 83.6 Å². The van der Waals surface area contributed by atoms with Crippen molar-refractivity contribution in [3.8, 4) is 17.0 Å². The second-order valence-corrected chi connectivity index (χ2v) is 19.5. The maximum atomic E-state index is 14.7. The second kappa shape index (κ2) is 16.2. The predicted molar refractivity (Wildman–Crippen MR) is 221 cm³/mol. The molecule has 18 heteroatoms. The first-order valence-corrected chi connectivity index (χ1v) is 22.4. The molecule has 5 atom stereocenters. The number of furan rings is 1. The lowest BCUT2D eigenvalue weighted by Gasteiger charge is -2.30. The van der Waals surface area contributed by atoms with Crippen molar-refractivity contribution < 1.29 is 54.7 Å². The summed E-state index contributed by atoms with van der Waals surface area (Å²) in [4.78, 5) is 62.3. The lowest BCUT2D eigenvalue weighted by atomic mass is 10.0. The number of aromatic nitrogens is 1. The molecule has 3 N–H and O–H groups in total. The van der Waals surface area contributed by atoms with E-state index in [-0.39, 0.29) is 42.8 Å². The Morgan fingerprint density at radius 3 is 2.45 bits per heavy atom. The van der Waals surface area contributed by atoms with Crippen LogP contribution in [-0.4, -0.2) is 83.2 Å². The molecule has 8 rings (SSSR count). The molecular weight excluding hydrogens is 832 g/mol. The molecular formula is C44H48F3N5O9S. The SMILES string of the molecule is CC(C)(C)OC(=O)N[C@H]1CCCCC/C=C\[C@H]2C[C@@]2(C(=O)NS(=O)(=O)C2CC2)NC(=O)[C@@H]2C[C@@H](Oc3cc(-c4ccc(C(F)(F)F)cc4)nc4c3oc3ccccc34)CN2C1=O. The number of benzene rings is 2. The standard InChI is InChI=1S/C44H48F3N5O9S/c1-42(2,3)61-41(56)49-31-13-8-6-4-5-7-11-27-23-43(27,40(55)51-62(57,58)29-19-20-29)50-38(53)33-21-28(24-52(33)39(31)54)59-35-22-32(25-15-17-26(18-16-25)44(45,46)47)48-36-30-12-9-10-14-34(30)60-37(35)36/h7,9-12,14-18,22,27-29,31,33H,4-6,8,13,19-21,23-24H2,1-3H3,(H,49,56)(H,50,53)(H,51,55)/b11-7-/t27-,28+,31-,33-,43+/m0/s1. The molecule has 2 aromatic carbocycles. The first kappa shape index (κ1) is 43.0. The Labute approximate surface area is 356 Å². The zero-order valence-electron chi connectivity index (χ0n) is 34.4. The number of hydrogen-bond acceptors (Lipinski definition) is 10. The first-order valence-electron chi connectivity index (χ1n) is 20.8. The highest BCUT2D eigenvalue weighted by atomic mass is 32.2. The van der Waals surface area contributed by atoms with E-state index in [0.29, 0.717) is 54.2 Å². The topological polar surface area (TPSA) is 186 Å². The minimum absolute atomic E-state index is 0.102. The third-order valence-electron chi connectivity index (χ3n) is 11.6. The van der Waals surface area contributed by atoms with Gasteiger partial charge in [-0.15, -0.1) is 0 Å². The van der Waals surface area contributed by atoms with E-state index in [9.17, 15) is 40.8 Å². The Balaban J connectivity index is 1.15. The van der Waals surface area contributed by atoms with Crippen LogP contribution in [0.4, 0.5) is 18.0 Å². The number of alkyl halides is 3. The van der Waals surface area contributed by atoms with Crippen molar-refractivity contribution in [2.45, 2.75) is 119 Å². The Kier molecular flexibility index (Phi) is 11.3. The van der Waals surface area contributed by atoms with Gasteiger partial charge in [-0.3, -0.25) is 19.1 Å². The van der Waals surface area contributed by atoms with Gasteiger partial charge in [0.1, 0.15) is 40.4 Å². The number of sulfonamides is 1. The van der Waals surface area contributed by atoms with Crippen molar-refractivity contribution in [2.24, 2.45) is 5.92 Å². The van der Waals surface area contributed by atoms with Crippen molar-refractivity contribution in [1.29, 1.82) is 0 Å². The second-order valence-electron chi connectivity index (χ2n) is 17.6. The maximum Gasteiger partial charge on any atom is 0.416 e. The molecule has 14 nitrogen and oxygen atoms in total. The predicted octanol–water partition coefficient (Wildman–Crippen LogP) is 6.91. The molecule has 0 bridgehead atoms. The summed E-state index contributed by atoms with van der Waals surface area (Å²) in [5, 5.41) is 5.48. The van der Waals surface area contributed by atoms with Crippen molar-refractivity contribution in [3.63, 3.8) is 0 Å². The van der Waals surface area contributed by atoms with Crippen LogP contribution in [0.1, 0.15) is 84.1 Å². The minimum Gasteiger partial charge on any atom is -0.484 e. The van der Waals surface area contributed by atoms with Gasteiger partial charge in [0.2, 0.25) is 21.8 Å². The maximum absolute atomic E-state index is 14.7. The van der Waals surface area contributed by atoms with Gasteiger partial charge in [-0.1, -0.05) is 49.3 Å². The molecule has 3 fully saturated rings. The number of amides is 4. The molecule has 2 saturated carbocycles. The number of alkyl carbamates (subject to hydrolysis) is 1. The minimum atomic E-state index is -4.55. The van der Waals surface area contributed by atoms with E-state index in [0.717, 1.165) is 18.6 Å². The lowest BCUT2D eigenvalue weighted by Crippen LogP contribution is -2.58. The highest BCUT2D eigenvalue weighted by Crippen LogP contribution is 2.46. The molecule has 4 aromatic rings. The number of hydrogen-bond donors (Lipinski definition) is 3. The molecule has 0 unspecified atom stereocenters. The van der Waals surface area contributed by atoms with E-state index in [4.69, 9.17) is 18.9 Å². The van der Waals surface area contributed by atoms with Crippen molar-refractivity contribution in [3.05, 3.63) is 72.3 Å². The van der Waals surface area contributed by atoms with Crippen molar-refractivity contribution in [1.82, 2.24) is 25.2 Å².